The Kier molecular flexibility index (Phi) is 5.41. The summed E-state index contributed by atoms with van der Waals surface area (Å²) in [6.45, 7) is 6.68. The molecular formula is C18H27N3O2+2. The van der Waals surface area contributed by atoms with E-state index in [-0.39, 0.29) is 10.6 Å². The zero-order valence-corrected chi connectivity index (χ0v) is 13.7. The predicted molar refractivity (Wildman–Crippen MR) is 89.5 cm³/mol. The number of nitrogens with one attached hydrogen (secondary N) is 2. The molecule has 1 aromatic carbocycles. The van der Waals surface area contributed by atoms with Gasteiger partial charge in [0.2, 0.25) is 0 Å². The molecule has 2 N–H and O–H groups in total. The van der Waals surface area contributed by atoms with Crippen LogP contribution in [0.5, 0.6) is 0 Å². The highest BCUT2D eigenvalue weighted by Gasteiger charge is 2.27. The van der Waals surface area contributed by atoms with Crippen molar-refractivity contribution < 1.29 is 14.7 Å². The second-order valence-corrected chi connectivity index (χ2v) is 6.92. The number of hydrogen-bond acceptors (Lipinski definition) is 2. The number of para-hydroxylation sites is 1. The second-order valence-electron chi connectivity index (χ2n) is 6.92. The molecule has 0 saturated carbocycles. The van der Waals surface area contributed by atoms with Gasteiger partial charge < -0.3 is 9.80 Å². The number of hydrogen-bond donors (Lipinski definition) is 2. The summed E-state index contributed by atoms with van der Waals surface area (Å²) in [6, 6.07) is 7.17. The van der Waals surface area contributed by atoms with Gasteiger partial charge in [0, 0.05) is 12.0 Å². The highest BCUT2D eigenvalue weighted by atomic mass is 16.6. The lowest BCUT2D eigenvalue weighted by Gasteiger charge is -2.32. The van der Waals surface area contributed by atoms with Gasteiger partial charge in [0.05, 0.1) is 17.0 Å². The molecule has 1 aromatic rings. The highest BCUT2D eigenvalue weighted by Crippen LogP contribution is 2.17. The molecule has 3 rings (SSSR count). The molecule has 0 bridgehead atoms. The summed E-state index contributed by atoms with van der Waals surface area (Å²) < 4.78 is 0. The lowest BCUT2D eigenvalue weighted by atomic mass is 9.94. The van der Waals surface area contributed by atoms with Crippen molar-refractivity contribution in [2.24, 2.45) is 5.92 Å². The molecular weight excluding hydrogens is 290 g/mol. The van der Waals surface area contributed by atoms with Gasteiger partial charge >= 0.3 is 0 Å². The van der Waals surface area contributed by atoms with Crippen molar-refractivity contribution in [1.82, 2.24) is 0 Å². The summed E-state index contributed by atoms with van der Waals surface area (Å²) in [5.74, 6) is 0.853. The fourth-order valence-corrected chi connectivity index (χ4v) is 3.90. The quantitative estimate of drug-likeness (QED) is 0.464. The van der Waals surface area contributed by atoms with Gasteiger partial charge in [0.25, 0.3) is 5.69 Å². The first-order valence-corrected chi connectivity index (χ1v) is 8.77. The third-order valence-electron chi connectivity index (χ3n) is 5.25. The molecule has 0 amide bonds. The predicted octanol–water partition coefficient (Wildman–Crippen LogP) is 0.235. The Morgan fingerprint density at radius 1 is 1.09 bits per heavy atom. The van der Waals surface area contributed by atoms with Crippen molar-refractivity contribution in [3.63, 3.8) is 0 Å². The second kappa shape index (κ2) is 7.70. The molecule has 1 saturated heterocycles. The molecule has 0 unspecified atom stereocenters. The van der Waals surface area contributed by atoms with E-state index in [0.29, 0.717) is 0 Å². The van der Waals surface area contributed by atoms with Crippen molar-refractivity contribution >= 4 is 5.69 Å². The minimum atomic E-state index is -0.257. The normalized spacial score (nSPS) is 27.7. The van der Waals surface area contributed by atoms with Crippen molar-refractivity contribution in [2.45, 2.75) is 25.8 Å². The first kappa shape index (κ1) is 16.1. The molecule has 5 heteroatoms. The van der Waals surface area contributed by atoms with E-state index in [4.69, 9.17) is 0 Å². The Morgan fingerprint density at radius 3 is 2.52 bits per heavy atom. The fourth-order valence-electron chi connectivity index (χ4n) is 3.90. The number of nitro benzene ring substituents is 1. The van der Waals surface area contributed by atoms with Crippen molar-refractivity contribution in [3.8, 4) is 0 Å². The maximum absolute atomic E-state index is 11.1. The van der Waals surface area contributed by atoms with Crippen LogP contribution < -0.4 is 9.80 Å². The topological polar surface area (TPSA) is 52.0 Å². The van der Waals surface area contributed by atoms with Crippen LogP contribution in [0.15, 0.2) is 36.4 Å². The van der Waals surface area contributed by atoms with Gasteiger partial charge in [-0.25, -0.2) is 0 Å². The molecule has 2 aliphatic rings. The average Bonchev–Trinajstić information content (AvgIpc) is 2.58. The van der Waals surface area contributed by atoms with E-state index in [9.17, 15) is 10.1 Å². The monoisotopic (exact) mass is 317 g/mol. The standard InChI is InChI=1S/C18H25N3O2/c22-21(23)18-9-5-4-8-17(18)15-20-12-10-19(11-13-20)14-16-6-2-1-3-7-16/h1-2,4-5,8-9,16H,3,6-7,10-15H2/p+2/t16-/m0/s1. The van der Waals surface area contributed by atoms with Gasteiger partial charge in [-0.15, -0.1) is 0 Å². The van der Waals surface area contributed by atoms with Crippen LogP contribution in [0.2, 0.25) is 0 Å². The molecule has 5 nitrogen and oxygen atoms in total. The van der Waals surface area contributed by atoms with Crippen LogP contribution in [0.25, 0.3) is 0 Å². The molecule has 1 heterocycles. The number of nitro groups is 1. The summed E-state index contributed by atoms with van der Waals surface area (Å²) in [4.78, 5) is 14.1. The van der Waals surface area contributed by atoms with Crippen molar-refractivity contribution in [3.05, 3.63) is 52.1 Å². The summed E-state index contributed by atoms with van der Waals surface area (Å²) in [6.07, 6.45) is 8.47. The third-order valence-corrected chi connectivity index (χ3v) is 5.25. The Morgan fingerprint density at radius 2 is 1.83 bits per heavy atom. The van der Waals surface area contributed by atoms with E-state index >= 15 is 0 Å². The maximum Gasteiger partial charge on any atom is 0.278 e. The van der Waals surface area contributed by atoms with Gasteiger partial charge in [-0.05, 0) is 25.3 Å². The van der Waals surface area contributed by atoms with E-state index < -0.39 is 0 Å². The van der Waals surface area contributed by atoms with Crippen LogP contribution in [0.1, 0.15) is 24.8 Å². The SMILES string of the molecule is O=[N+]([O-])c1ccccc1C[NH+]1CC[NH+](C[C@H]2CC=CCC2)CC1. The lowest BCUT2D eigenvalue weighted by Crippen LogP contribution is -3.27. The summed E-state index contributed by atoms with van der Waals surface area (Å²) in [7, 11) is 0. The molecule has 1 aliphatic carbocycles. The number of benzene rings is 1. The molecule has 1 atom stereocenters. The van der Waals surface area contributed by atoms with Crippen molar-refractivity contribution in [1.29, 1.82) is 0 Å². The van der Waals surface area contributed by atoms with Crippen LogP contribution in [-0.2, 0) is 6.54 Å². The van der Waals surface area contributed by atoms with Crippen LogP contribution in [-0.4, -0.2) is 37.6 Å². The van der Waals surface area contributed by atoms with Crippen LogP contribution in [0.3, 0.4) is 0 Å². The van der Waals surface area contributed by atoms with Crippen LogP contribution in [0.4, 0.5) is 5.69 Å². The Labute approximate surface area is 137 Å². The molecule has 23 heavy (non-hydrogen) atoms. The number of allylic oxidation sites excluding steroid dienone is 2. The fraction of sp³-hybridized carbons (Fsp3) is 0.556. The third kappa shape index (κ3) is 4.39. The summed E-state index contributed by atoms with van der Waals surface area (Å²) in [5, 5.41) is 11.1. The van der Waals surface area contributed by atoms with Crippen molar-refractivity contribution in [2.75, 3.05) is 32.7 Å². The average molecular weight is 317 g/mol. The molecule has 1 fully saturated rings. The first-order chi connectivity index (χ1) is 11.2. The smallest absolute Gasteiger partial charge is 0.278 e. The van der Waals surface area contributed by atoms with E-state index in [0.717, 1.165) is 31.1 Å². The maximum atomic E-state index is 11.1. The minimum Gasteiger partial charge on any atom is -0.325 e. The number of quaternary nitrogens is 2. The van der Waals surface area contributed by atoms with Crippen LogP contribution in [0, 0.1) is 16.0 Å². The largest absolute Gasteiger partial charge is 0.325 e. The highest BCUT2D eigenvalue weighted by molar-refractivity contribution is 5.39. The lowest BCUT2D eigenvalue weighted by molar-refractivity contribution is -1.02. The number of piperazine rings is 1. The molecule has 0 spiro atoms. The molecule has 0 radical (unpaired) electrons. The molecule has 124 valence electrons. The first-order valence-electron chi connectivity index (χ1n) is 8.77. The summed E-state index contributed by atoms with van der Waals surface area (Å²) >= 11 is 0. The summed E-state index contributed by atoms with van der Waals surface area (Å²) in [5.41, 5.74) is 1.14. The minimum absolute atomic E-state index is 0.257. The zero-order chi connectivity index (χ0) is 16.1. The van der Waals surface area contributed by atoms with Gasteiger partial charge in [0.15, 0.2) is 0 Å². The zero-order valence-electron chi connectivity index (χ0n) is 13.7. The van der Waals surface area contributed by atoms with Gasteiger partial charge in [-0.1, -0.05) is 24.3 Å². The molecule has 0 aromatic heterocycles. The Bertz CT molecular complexity index is 565. The van der Waals surface area contributed by atoms with Gasteiger partial charge in [-0.2, -0.15) is 0 Å². The van der Waals surface area contributed by atoms with Gasteiger partial charge in [-0.3, -0.25) is 10.1 Å². The number of rotatable bonds is 5. The number of nitrogens with zero attached hydrogens (tertiary/aromatic N) is 1. The van der Waals surface area contributed by atoms with Gasteiger partial charge in [0.1, 0.15) is 32.7 Å². The van der Waals surface area contributed by atoms with E-state index in [1.165, 1.54) is 43.8 Å². The van der Waals surface area contributed by atoms with Crippen LogP contribution >= 0.6 is 0 Å². The Hall–Kier alpha value is -1.72. The molecule has 1 aliphatic heterocycles. The van der Waals surface area contributed by atoms with E-state index in [2.05, 4.69) is 12.2 Å². The van der Waals surface area contributed by atoms with E-state index in [1.54, 1.807) is 17.0 Å². The Balaban J connectivity index is 1.49. The van der Waals surface area contributed by atoms with E-state index in [1.807, 2.05) is 12.1 Å².